The van der Waals surface area contributed by atoms with Gasteiger partial charge < -0.3 is 14.5 Å². The molecule has 0 aliphatic rings. The molecule has 30 heavy (non-hydrogen) atoms. The second-order valence-corrected chi connectivity index (χ2v) is 6.99. The molecule has 3 aromatic carbocycles. The van der Waals surface area contributed by atoms with E-state index in [1.165, 1.54) is 6.08 Å². The van der Waals surface area contributed by atoms with Crippen LogP contribution in [0.15, 0.2) is 76.0 Å². The van der Waals surface area contributed by atoms with Gasteiger partial charge in [0.15, 0.2) is 5.58 Å². The number of rotatable bonds is 5. The number of fused-ring (bicyclic) bond motifs is 2. The lowest BCUT2D eigenvalue weighted by atomic mass is 10.1. The monoisotopic (exact) mass is 419 g/mol. The van der Waals surface area contributed by atoms with Crippen molar-refractivity contribution in [3.8, 4) is 5.75 Å². The Morgan fingerprint density at radius 1 is 1.10 bits per heavy atom. The summed E-state index contributed by atoms with van der Waals surface area (Å²) in [5.74, 6) is 0.480. The van der Waals surface area contributed by atoms with Gasteiger partial charge in [-0.05, 0) is 55.0 Å². The molecule has 0 aliphatic heterocycles. The smallest absolute Gasteiger partial charge is 0.248 e. The van der Waals surface area contributed by atoms with Crippen molar-refractivity contribution >= 4 is 51.2 Å². The number of anilines is 1. The molecule has 0 bridgehead atoms. The van der Waals surface area contributed by atoms with Gasteiger partial charge in [-0.15, -0.1) is 0 Å². The van der Waals surface area contributed by atoms with Crippen LogP contribution >= 0.6 is 11.6 Å². The number of halogens is 1. The summed E-state index contributed by atoms with van der Waals surface area (Å²) in [5.41, 5.74) is 1.91. The van der Waals surface area contributed by atoms with Crippen LogP contribution in [0.4, 0.5) is 5.69 Å². The van der Waals surface area contributed by atoms with Crippen molar-refractivity contribution in [1.29, 1.82) is 0 Å². The first kappa shape index (κ1) is 19.7. The van der Waals surface area contributed by atoms with E-state index in [4.69, 9.17) is 20.8 Å². The van der Waals surface area contributed by atoms with Crippen molar-refractivity contribution in [1.82, 2.24) is 0 Å². The lowest BCUT2D eigenvalue weighted by Gasteiger charge is -2.06. The second kappa shape index (κ2) is 8.43. The highest BCUT2D eigenvalue weighted by molar-refractivity contribution is 6.34. The molecule has 0 fully saturated rings. The second-order valence-electron chi connectivity index (χ2n) is 6.58. The summed E-state index contributed by atoms with van der Waals surface area (Å²) in [6.07, 6.45) is 3.15. The molecular weight excluding hydrogens is 402 g/mol. The molecule has 4 aromatic rings. The number of amides is 1. The molecule has 0 aliphatic carbocycles. The van der Waals surface area contributed by atoms with Crippen LogP contribution < -0.4 is 15.5 Å². The van der Waals surface area contributed by atoms with E-state index in [1.54, 1.807) is 42.5 Å². The predicted molar refractivity (Wildman–Crippen MR) is 120 cm³/mol. The number of benzene rings is 3. The van der Waals surface area contributed by atoms with Gasteiger partial charge in [0, 0.05) is 17.8 Å². The van der Waals surface area contributed by atoms with Crippen molar-refractivity contribution < 1.29 is 13.9 Å². The van der Waals surface area contributed by atoms with E-state index in [-0.39, 0.29) is 11.3 Å². The third-order valence-electron chi connectivity index (χ3n) is 4.54. The largest absolute Gasteiger partial charge is 0.494 e. The maximum atomic E-state index is 12.7. The molecule has 0 saturated carbocycles. The molecule has 1 heterocycles. The van der Waals surface area contributed by atoms with Crippen molar-refractivity contribution in [3.63, 3.8) is 0 Å². The van der Waals surface area contributed by atoms with Gasteiger partial charge in [-0.3, -0.25) is 9.59 Å². The Balaban J connectivity index is 1.56. The van der Waals surface area contributed by atoms with Crippen molar-refractivity contribution in [2.75, 3.05) is 11.9 Å². The van der Waals surface area contributed by atoms with Gasteiger partial charge in [-0.2, -0.15) is 0 Å². The highest BCUT2D eigenvalue weighted by Crippen LogP contribution is 2.26. The number of carbonyl (C=O) groups is 1. The summed E-state index contributed by atoms with van der Waals surface area (Å²) in [7, 11) is 0. The molecule has 0 atom stereocenters. The number of hydrogen-bond acceptors (Lipinski definition) is 4. The van der Waals surface area contributed by atoms with Gasteiger partial charge in [-0.1, -0.05) is 29.8 Å². The fourth-order valence-corrected chi connectivity index (χ4v) is 3.33. The van der Waals surface area contributed by atoms with Gasteiger partial charge in [-0.25, -0.2) is 0 Å². The number of ether oxygens (including phenoxy) is 1. The standard InChI is InChI=1S/C24H18ClNO4/c1-2-29-17-10-6-15(7-11-17)8-13-22(27)26-16-9-12-18-21(14-16)30-24-19(23(18)28)4-3-5-20(24)25/h3-14H,2H2,1H3,(H,26,27)/b13-8+. The molecule has 0 radical (unpaired) electrons. The van der Waals surface area contributed by atoms with E-state index < -0.39 is 0 Å². The number of hydrogen-bond donors (Lipinski definition) is 1. The molecule has 4 rings (SSSR count). The molecular formula is C24H18ClNO4. The summed E-state index contributed by atoms with van der Waals surface area (Å²) in [6, 6.07) is 17.4. The maximum absolute atomic E-state index is 12.7. The van der Waals surface area contributed by atoms with Crippen LogP contribution in [0.1, 0.15) is 12.5 Å². The van der Waals surface area contributed by atoms with Crippen LogP contribution in [0.25, 0.3) is 28.0 Å². The van der Waals surface area contributed by atoms with Gasteiger partial charge in [0.2, 0.25) is 11.3 Å². The third-order valence-corrected chi connectivity index (χ3v) is 4.83. The minimum absolute atomic E-state index is 0.165. The summed E-state index contributed by atoms with van der Waals surface area (Å²) in [4.78, 5) is 25.0. The quantitative estimate of drug-likeness (QED) is 0.335. The molecule has 5 nitrogen and oxygen atoms in total. The summed E-state index contributed by atoms with van der Waals surface area (Å²) >= 11 is 6.16. The molecule has 1 amide bonds. The van der Waals surface area contributed by atoms with Gasteiger partial charge in [0.05, 0.1) is 22.4 Å². The first-order valence-electron chi connectivity index (χ1n) is 9.42. The predicted octanol–water partition coefficient (Wildman–Crippen LogP) is 5.65. The Morgan fingerprint density at radius 3 is 2.67 bits per heavy atom. The zero-order valence-electron chi connectivity index (χ0n) is 16.1. The van der Waals surface area contributed by atoms with Gasteiger partial charge in [0.1, 0.15) is 11.3 Å². The summed E-state index contributed by atoms with van der Waals surface area (Å²) in [6.45, 7) is 2.53. The van der Waals surface area contributed by atoms with Crippen LogP contribution in [0.3, 0.4) is 0 Å². The van der Waals surface area contributed by atoms with E-state index in [0.29, 0.717) is 39.3 Å². The Labute approximate surface area is 177 Å². The zero-order valence-corrected chi connectivity index (χ0v) is 16.9. The fraction of sp³-hybridized carbons (Fsp3) is 0.0833. The molecule has 0 spiro atoms. The first-order chi connectivity index (χ1) is 14.5. The van der Waals surface area contributed by atoms with Crippen LogP contribution in [0, 0.1) is 0 Å². The minimum atomic E-state index is -0.301. The Kier molecular flexibility index (Phi) is 5.55. The van der Waals surface area contributed by atoms with E-state index in [9.17, 15) is 9.59 Å². The number of nitrogens with one attached hydrogen (secondary N) is 1. The van der Waals surface area contributed by atoms with Crippen LogP contribution in [0.2, 0.25) is 5.02 Å². The SMILES string of the molecule is CCOc1ccc(/C=C/C(=O)Nc2ccc3c(=O)c4cccc(Cl)c4oc3c2)cc1. The van der Waals surface area contributed by atoms with E-state index in [2.05, 4.69) is 5.32 Å². The number of carbonyl (C=O) groups excluding carboxylic acids is 1. The lowest BCUT2D eigenvalue weighted by Crippen LogP contribution is -2.08. The Hall–Kier alpha value is -3.57. The third kappa shape index (κ3) is 4.07. The van der Waals surface area contributed by atoms with Crippen molar-refractivity contribution in [3.05, 3.63) is 87.5 Å². The van der Waals surface area contributed by atoms with E-state index >= 15 is 0 Å². The van der Waals surface area contributed by atoms with E-state index in [1.807, 2.05) is 31.2 Å². The van der Waals surface area contributed by atoms with Crippen molar-refractivity contribution in [2.45, 2.75) is 6.92 Å². The maximum Gasteiger partial charge on any atom is 0.248 e. The molecule has 0 unspecified atom stereocenters. The number of para-hydroxylation sites is 1. The minimum Gasteiger partial charge on any atom is -0.494 e. The highest BCUT2D eigenvalue weighted by atomic mass is 35.5. The summed E-state index contributed by atoms with van der Waals surface area (Å²) < 4.78 is 11.2. The van der Waals surface area contributed by atoms with Crippen LogP contribution in [0.5, 0.6) is 5.75 Å². The molecule has 1 aromatic heterocycles. The normalized spacial score (nSPS) is 11.3. The van der Waals surface area contributed by atoms with Gasteiger partial charge >= 0.3 is 0 Å². The van der Waals surface area contributed by atoms with Crippen molar-refractivity contribution in [2.24, 2.45) is 0 Å². The molecule has 6 heteroatoms. The fourth-order valence-electron chi connectivity index (χ4n) is 3.12. The zero-order chi connectivity index (χ0) is 21.1. The highest BCUT2D eigenvalue weighted by Gasteiger charge is 2.11. The average molecular weight is 420 g/mol. The lowest BCUT2D eigenvalue weighted by molar-refractivity contribution is -0.111. The topological polar surface area (TPSA) is 68.5 Å². The Morgan fingerprint density at radius 2 is 1.90 bits per heavy atom. The van der Waals surface area contributed by atoms with E-state index in [0.717, 1.165) is 11.3 Å². The summed E-state index contributed by atoms with van der Waals surface area (Å²) in [5, 5.41) is 3.98. The first-order valence-corrected chi connectivity index (χ1v) is 9.80. The van der Waals surface area contributed by atoms with Crippen LogP contribution in [-0.2, 0) is 4.79 Å². The molecule has 1 N–H and O–H groups in total. The molecule has 0 saturated heterocycles. The Bertz CT molecular complexity index is 1320. The van der Waals surface area contributed by atoms with Gasteiger partial charge in [0.25, 0.3) is 0 Å². The van der Waals surface area contributed by atoms with Crippen LogP contribution in [-0.4, -0.2) is 12.5 Å². The molecule has 150 valence electrons. The average Bonchev–Trinajstić information content (AvgIpc) is 2.74.